The minimum Gasteiger partial charge on any atom is -0.487 e. The molecule has 2 aromatic rings. The van der Waals surface area contributed by atoms with E-state index in [4.69, 9.17) is 4.74 Å². The van der Waals surface area contributed by atoms with E-state index in [9.17, 15) is 5.11 Å². The highest BCUT2D eigenvalue weighted by molar-refractivity contribution is 5.32. The molecule has 0 aliphatic rings. The molecule has 2 rings (SSSR count). The zero-order valence-corrected chi connectivity index (χ0v) is 13.4. The predicted octanol–water partition coefficient (Wildman–Crippen LogP) is 3.08. The van der Waals surface area contributed by atoms with Gasteiger partial charge in [0, 0.05) is 23.8 Å². The lowest BCUT2D eigenvalue weighted by molar-refractivity contribution is 0.157. The van der Waals surface area contributed by atoms with Crippen LogP contribution in [0.2, 0.25) is 0 Å². The van der Waals surface area contributed by atoms with E-state index in [1.807, 2.05) is 30.3 Å². The monoisotopic (exact) mass is 300 g/mol. The normalized spacial score (nSPS) is 12.9. The molecule has 22 heavy (non-hydrogen) atoms. The Balaban J connectivity index is 2.03. The van der Waals surface area contributed by atoms with E-state index in [-0.39, 0.29) is 5.54 Å². The van der Waals surface area contributed by atoms with Gasteiger partial charge in [-0.2, -0.15) is 0 Å². The molecule has 0 bridgehead atoms. The van der Waals surface area contributed by atoms with Crippen molar-refractivity contribution in [2.75, 3.05) is 6.54 Å². The summed E-state index contributed by atoms with van der Waals surface area (Å²) >= 11 is 0. The van der Waals surface area contributed by atoms with Gasteiger partial charge in [0.15, 0.2) is 0 Å². The molecule has 1 aromatic carbocycles. The molecule has 1 atom stereocenters. The molecule has 0 unspecified atom stereocenters. The van der Waals surface area contributed by atoms with Crippen molar-refractivity contribution in [2.45, 2.75) is 39.0 Å². The third kappa shape index (κ3) is 5.13. The molecule has 0 aliphatic carbocycles. The van der Waals surface area contributed by atoms with Gasteiger partial charge in [0.25, 0.3) is 0 Å². The first-order valence-electron chi connectivity index (χ1n) is 7.49. The van der Waals surface area contributed by atoms with Crippen LogP contribution in [0.1, 0.15) is 38.0 Å². The number of nitrogens with one attached hydrogen (secondary N) is 1. The zero-order valence-electron chi connectivity index (χ0n) is 13.4. The van der Waals surface area contributed by atoms with Gasteiger partial charge in [0.05, 0.1) is 12.3 Å². The Morgan fingerprint density at radius 2 is 1.91 bits per heavy atom. The summed E-state index contributed by atoms with van der Waals surface area (Å²) in [5.41, 5.74) is 1.79. The summed E-state index contributed by atoms with van der Waals surface area (Å²) in [6.45, 7) is 7.13. The van der Waals surface area contributed by atoms with Crippen LogP contribution in [-0.4, -0.2) is 22.2 Å². The van der Waals surface area contributed by atoms with Crippen LogP contribution in [0.5, 0.6) is 5.75 Å². The third-order valence-corrected chi connectivity index (χ3v) is 3.24. The molecule has 4 heteroatoms. The highest BCUT2D eigenvalue weighted by atomic mass is 16.5. The predicted molar refractivity (Wildman–Crippen MR) is 87.7 cm³/mol. The van der Waals surface area contributed by atoms with E-state index in [0.29, 0.717) is 18.9 Å². The maximum absolute atomic E-state index is 10.4. The Labute approximate surface area is 132 Å². The van der Waals surface area contributed by atoms with Gasteiger partial charge in [-0.15, -0.1) is 0 Å². The largest absolute Gasteiger partial charge is 0.487 e. The van der Waals surface area contributed by atoms with E-state index in [2.05, 4.69) is 31.1 Å². The lowest BCUT2D eigenvalue weighted by Crippen LogP contribution is -2.38. The Hall–Kier alpha value is -1.91. The van der Waals surface area contributed by atoms with Crippen LogP contribution >= 0.6 is 0 Å². The first-order chi connectivity index (χ1) is 10.5. The molecule has 0 radical (unpaired) electrons. The molecule has 4 nitrogen and oxygen atoms in total. The van der Waals surface area contributed by atoms with Crippen molar-refractivity contribution in [1.29, 1.82) is 0 Å². The molecule has 2 N–H and O–H groups in total. The number of aliphatic hydroxyl groups excluding tert-OH is 1. The molecule has 0 aliphatic heterocycles. The summed E-state index contributed by atoms with van der Waals surface area (Å²) in [5, 5.41) is 13.7. The first-order valence-corrected chi connectivity index (χ1v) is 7.49. The van der Waals surface area contributed by atoms with Crippen LogP contribution in [0.15, 0.2) is 48.8 Å². The smallest absolute Gasteiger partial charge is 0.143 e. The van der Waals surface area contributed by atoms with Crippen LogP contribution in [0.3, 0.4) is 0 Å². The second-order valence-corrected chi connectivity index (χ2v) is 6.33. The minimum absolute atomic E-state index is 0.0426. The fourth-order valence-electron chi connectivity index (χ4n) is 2.03. The minimum atomic E-state index is -0.631. The molecule has 0 spiro atoms. The molecule has 0 saturated heterocycles. The van der Waals surface area contributed by atoms with Gasteiger partial charge < -0.3 is 15.2 Å². The van der Waals surface area contributed by atoms with Crippen LogP contribution < -0.4 is 10.1 Å². The van der Waals surface area contributed by atoms with Crippen molar-refractivity contribution >= 4 is 0 Å². The van der Waals surface area contributed by atoms with Crippen molar-refractivity contribution in [3.05, 3.63) is 59.9 Å². The number of pyridine rings is 1. The quantitative estimate of drug-likeness (QED) is 0.861. The van der Waals surface area contributed by atoms with Crippen LogP contribution in [0, 0.1) is 0 Å². The number of hydrogen-bond acceptors (Lipinski definition) is 4. The van der Waals surface area contributed by atoms with Gasteiger partial charge in [0.1, 0.15) is 12.4 Å². The van der Waals surface area contributed by atoms with Gasteiger partial charge in [-0.3, -0.25) is 4.98 Å². The van der Waals surface area contributed by atoms with Crippen LogP contribution in [-0.2, 0) is 6.61 Å². The van der Waals surface area contributed by atoms with Gasteiger partial charge in [0.2, 0.25) is 0 Å². The molecule has 1 heterocycles. The zero-order chi connectivity index (χ0) is 16.0. The van der Waals surface area contributed by atoms with Gasteiger partial charge in [-0.1, -0.05) is 30.3 Å². The number of nitrogens with zero attached hydrogens (tertiary/aromatic N) is 1. The number of aromatic nitrogens is 1. The van der Waals surface area contributed by atoms with Crippen molar-refractivity contribution in [3.63, 3.8) is 0 Å². The molecule has 0 fully saturated rings. The fraction of sp³-hybridized carbons (Fsp3) is 0.389. The van der Waals surface area contributed by atoms with E-state index in [1.54, 1.807) is 18.5 Å². The summed E-state index contributed by atoms with van der Waals surface area (Å²) in [7, 11) is 0. The van der Waals surface area contributed by atoms with Gasteiger partial charge >= 0.3 is 0 Å². The Bertz CT molecular complexity index is 579. The fourth-order valence-corrected chi connectivity index (χ4v) is 2.03. The van der Waals surface area contributed by atoms with E-state index < -0.39 is 6.10 Å². The van der Waals surface area contributed by atoms with Crippen LogP contribution in [0.25, 0.3) is 0 Å². The topological polar surface area (TPSA) is 54.4 Å². The van der Waals surface area contributed by atoms with Crippen molar-refractivity contribution < 1.29 is 9.84 Å². The number of benzene rings is 1. The SMILES string of the molecule is CC(C)(C)NC[C@H](O)c1ccncc1OCc1ccccc1. The number of rotatable bonds is 6. The maximum Gasteiger partial charge on any atom is 0.143 e. The average molecular weight is 300 g/mol. The third-order valence-electron chi connectivity index (χ3n) is 3.24. The molecular formula is C18H24N2O2. The Kier molecular flexibility index (Phi) is 5.52. The lowest BCUT2D eigenvalue weighted by atomic mass is 10.1. The summed E-state index contributed by atoms with van der Waals surface area (Å²) in [5.74, 6) is 0.620. The summed E-state index contributed by atoms with van der Waals surface area (Å²) in [6.07, 6.45) is 2.69. The number of hydrogen-bond donors (Lipinski definition) is 2. The molecule has 1 aromatic heterocycles. The standard InChI is InChI=1S/C18H24N2O2/c1-18(2,3)20-11-16(21)15-9-10-19-12-17(15)22-13-14-7-5-4-6-8-14/h4-10,12,16,20-21H,11,13H2,1-3H3/t16-/m0/s1. The van der Waals surface area contributed by atoms with E-state index in [1.165, 1.54) is 0 Å². The molecular weight excluding hydrogens is 276 g/mol. The second kappa shape index (κ2) is 7.38. The number of ether oxygens (including phenoxy) is 1. The Morgan fingerprint density at radius 1 is 1.18 bits per heavy atom. The first kappa shape index (κ1) is 16.5. The van der Waals surface area contributed by atoms with E-state index in [0.717, 1.165) is 11.1 Å². The van der Waals surface area contributed by atoms with Crippen molar-refractivity contribution in [3.8, 4) is 5.75 Å². The molecule has 0 saturated carbocycles. The highest BCUT2D eigenvalue weighted by Crippen LogP contribution is 2.25. The summed E-state index contributed by atoms with van der Waals surface area (Å²) < 4.78 is 5.83. The molecule has 0 amide bonds. The van der Waals surface area contributed by atoms with Crippen LogP contribution in [0.4, 0.5) is 0 Å². The van der Waals surface area contributed by atoms with Crippen molar-refractivity contribution in [1.82, 2.24) is 10.3 Å². The average Bonchev–Trinajstić information content (AvgIpc) is 2.51. The summed E-state index contributed by atoms with van der Waals surface area (Å²) in [6, 6.07) is 11.7. The molecule has 118 valence electrons. The number of aliphatic hydroxyl groups is 1. The lowest BCUT2D eigenvalue weighted by Gasteiger charge is -2.23. The number of β-amino-alcohol motifs (C(OH)–C–C–N with tert-alkyl or cyclic N) is 1. The van der Waals surface area contributed by atoms with Gasteiger partial charge in [-0.25, -0.2) is 0 Å². The maximum atomic E-state index is 10.4. The van der Waals surface area contributed by atoms with Gasteiger partial charge in [-0.05, 0) is 32.4 Å². The highest BCUT2D eigenvalue weighted by Gasteiger charge is 2.17. The second-order valence-electron chi connectivity index (χ2n) is 6.33. The Morgan fingerprint density at radius 3 is 2.59 bits per heavy atom. The van der Waals surface area contributed by atoms with Crippen molar-refractivity contribution in [2.24, 2.45) is 0 Å². The van der Waals surface area contributed by atoms with E-state index >= 15 is 0 Å². The summed E-state index contributed by atoms with van der Waals surface area (Å²) in [4.78, 5) is 4.09.